The molecule has 0 fully saturated rings. The average Bonchev–Trinajstić information content (AvgIpc) is 2.90. The summed E-state index contributed by atoms with van der Waals surface area (Å²) in [4.78, 5) is 12.1. The highest BCUT2D eigenvalue weighted by atomic mass is 79.9. The van der Waals surface area contributed by atoms with Gasteiger partial charge in [0.15, 0.2) is 0 Å². The van der Waals surface area contributed by atoms with Gasteiger partial charge in [0.2, 0.25) is 0 Å². The molecule has 0 aliphatic rings. The second-order valence-corrected chi connectivity index (χ2v) is 6.65. The van der Waals surface area contributed by atoms with Gasteiger partial charge in [-0.05, 0) is 63.1 Å². The van der Waals surface area contributed by atoms with E-state index in [0.29, 0.717) is 5.69 Å². The highest BCUT2D eigenvalue weighted by Gasteiger charge is 2.10. The molecule has 1 amide bonds. The Labute approximate surface area is 136 Å². The summed E-state index contributed by atoms with van der Waals surface area (Å²) >= 11 is 4.86. The molecule has 0 unspecified atom stereocenters. The van der Waals surface area contributed by atoms with Crippen LogP contribution in [0.15, 0.2) is 45.1 Å². The third-order valence-corrected chi connectivity index (χ3v) is 4.41. The Hall–Kier alpha value is -1.90. The van der Waals surface area contributed by atoms with Crippen LogP contribution in [0.4, 0.5) is 5.69 Å². The fourth-order valence-electron chi connectivity index (χ4n) is 1.74. The predicted molar refractivity (Wildman–Crippen MR) is 90.1 cm³/mol. The molecule has 1 heterocycles. The summed E-state index contributed by atoms with van der Waals surface area (Å²) in [5, 5.41) is 13.8. The fourth-order valence-corrected chi connectivity index (χ4v) is 2.87. The fraction of sp³-hybridized carbons (Fsp3) is 0.125. The summed E-state index contributed by atoms with van der Waals surface area (Å²) in [7, 11) is 0. The van der Waals surface area contributed by atoms with Gasteiger partial charge in [-0.3, -0.25) is 4.79 Å². The molecule has 0 bridgehead atoms. The van der Waals surface area contributed by atoms with Gasteiger partial charge in [0.1, 0.15) is 11.6 Å². The standard InChI is InChI=1S/C16H13BrN2OS/c1-2-11-3-5-14(6-4-11)19-16(20)13(9-18)7-12-8-15(17)21-10-12/h3-8,10H,2H2,1H3,(H,19,20)/b13-7+. The van der Waals surface area contributed by atoms with Crippen molar-refractivity contribution in [2.45, 2.75) is 13.3 Å². The van der Waals surface area contributed by atoms with Gasteiger partial charge >= 0.3 is 0 Å². The molecule has 0 saturated carbocycles. The molecule has 0 spiro atoms. The number of carbonyl (C=O) groups is 1. The Bertz CT molecular complexity index is 711. The number of anilines is 1. The van der Waals surface area contributed by atoms with Crippen LogP contribution in [0.2, 0.25) is 0 Å². The van der Waals surface area contributed by atoms with Crippen LogP contribution in [0.5, 0.6) is 0 Å². The van der Waals surface area contributed by atoms with Crippen LogP contribution in [0, 0.1) is 11.3 Å². The van der Waals surface area contributed by atoms with Crippen LogP contribution in [0.3, 0.4) is 0 Å². The first-order chi connectivity index (χ1) is 10.1. The Balaban J connectivity index is 2.13. The van der Waals surface area contributed by atoms with E-state index in [1.165, 1.54) is 16.9 Å². The lowest BCUT2D eigenvalue weighted by Gasteiger charge is -2.05. The van der Waals surface area contributed by atoms with Gasteiger partial charge in [-0.2, -0.15) is 5.26 Å². The molecule has 0 radical (unpaired) electrons. The minimum Gasteiger partial charge on any atom is -0.321 e. The molecule has 1 aromatic heterocycles. The molecule has 0 aliphatic heterocycles. The van der Waals surface area contributed by atoms with Gasteiger partial charge in [-0.25, -0.2) is 0 Å². The number of aryl methyl sites for hydroxylation is 1. The first-order valence-electron chi connectivity index (χ1n) is 6.38. The summed E-state index contributed by atoms with van der Waals surface area (Å²) in [6, 6.07) is 11.4. The van der Waals surface area contributed by atoms with Crippen molar-refractivity contribution in [3.8, 4) is 6.07 Å². The van der Waals surface area contributed by atoms with E-state index in [9.17, 15) is 4.79 Å². The number of carbonyl (C=O) groups excluding carboxylic acids is 1. The van der Waals surface area contributed by atoms with Gasteiger partial charge in [0.05, 0.1) is 3.79 Å². The number of rotatable bonds is 4. The lowest BCUT2D eigenvalue weighted by molar-refractivity contribution is -0.112. The molecule has 2 aromatic rings. The molecule has 3 nitrogen and oxygen atoms in total. The van der Waals surface area contributed by atoms with Crippen LogP contribution >= 0.6 is 27.3 Å². The summed E-state index contributed by atoms with van der Waals surface area (Å²) in [5.41, 5.74) is 2.80. The summed E-state index contributed by atoms with van der Waals surface area (Å²) in [5.74, 6) is -0.399. The van der Waals surface area contributed by atoms with Gasteiger partial charge in [-0.1, -0.05) is 19.1 Å². The highest BCUT2D eigenvalue weighted by Crippen LogP contribution is 2.22. The summed E-state index contributed by atoms with van der Waals surface area (Å²) < 4.78 is 0.960. The quantitative estimate of drug-likeness (QED) is 0.638. The van der Waals surface area contributed by atoms with E-state index in [1.807, 2.05) is 41.8 Å². The van der Waals surface area contributed by atoms with Crippen molar-refractivity contribution in [1.82, 2.24) is 0 Å². The van der Waals surface area contributed by atoms with Crippen molar-refractivity contribution in [3.63, 3.8) is 0 Å². The maximum atomic E-state index is 12.1. The third kappa shape index (κ3) is 4.28. The lowest BCUT2D eigenvalue weighted by atomic mass is 10.1. The molecule has 2 rings (SSSR count). The van der Waals surface area contributed by atoms with Crippen molar-refractivity contribution in [2.75, 3.05) is 5.32 Å². The Kier molecular flexibility index (Phi) is 5.32. The topological polar surface area (TPSA) is 52.9 Å². The smallest absolute Gasteiger partial charge is 0.266 e. The minimum absolute atomic E-state index is 0.0832. The highest BCUT2D eigenvalue weighted by molar-refractivity contribution is 9.11. The van der Waals surface area contributed by atoms with Crippen LogP contribution in [-0.4, -0.2) is 5.91 Å². The minimum atomic E-state index is -0.399. The lowest BCUT2D eigenvalue weighted by Crippen LogP contribution is -2.13. The van der Waals surface area contributed by atoms with E-state index in [-0.39, 0.29) is 5.57 Å². The van der Waals surface area contributed by atoms with Gasteiger partial charge in [0.25, 0.3) is 5.91 Å². The molecular formula is C16H13BrN2OS. The second kappa shape index (κ2) is 7.21. The van der Waals surface area contributed by atoms with Crippen molar-refractivity contribution in [1.29, 1.82) is 5.26 Å². The van der Waals surface area contributed by atoms with E-state index >= 15 is 0 Å². The molecule has 106 valence electrons. The number of amides is 1. The van der Waals surface area contributed by atoms with Crippen molar-refractivity contribution in [2.24, 2.45) is 0 Å². The van der Waals surface area contributed by atoms with Gasteiger partial charge in [-0.15, -0.1) is 11.3 Å². The third-order valence-electron chi connectivity index (χ3n) is 2.88. The summed E-state index contributed by atoms with van der Waals surface area (Å²) in [6.45, 7) is 2.07. The number of nitrogens with one attached hydrogen (secondary N) is 1. The maximum absolute atomic E-state index is 12.1. The van der Waals surface area contributed by atoms with Crippen LogP contribution in [0.25, 0.3) is 6.08 Å². The van der Waals surface area contributed by atoms with Crippen molar-refractivity contribution >= 4 is 44.9 Å². The Morgan fingerprint density at radius 1 is 1.43 bits per heavy atom. The number of nitriles is 1. The first kappa shape index (κ1) is 15.5. The number of hydrogen-bond donors (Lipinski definition) is 1. The molecule has 5 heteroatoms. The monoisotopic (exact) mass is 360 g/mol. The number of hydrogen-bond acceptors (Lipinski definition) is 3. The van der Waals surface area contributed by atoms with Gasteiger partial charge in [0, 0.05) is 5.69 Å². The predicted octanol–water partition coefficient (Wildman–Crippen LogP) is 4.62. The van der Waals surface area contributed by atoms with Crippen LogP contribution in [-0.2, 0) is 11.2 Å². The van der Waals surface area contributed by atoms with Crippen molar-refractivity contribution < 1.29 is 4.79 Å². The van der Waals surface area contributed by atoms with E-state index < -0.39 is 5.91 Å². The molecule has 0 aliphatic carbocycles. The molecule has 0 atom stereocenters. The number of benzene rings is 1. The largest absolute Gasteiger partial charge is 0.321 e. The molecule has 1 aromatic carbocycles. The van der Waals surface area contributed by atoms with Crippen molar-refractivity contribution in [3.05, 3.63) is 56.2 Å². The average molecular weight is 361 g/mol. The molecule has 0 saturated heterocycles. The number of thiophene rings is 1. The molecule has 1 N–H and O–H groups in total. The normalized spacial score (nSPS) is 11.0. The Morgan fingerprint density at radius 3 is 2.67 bits per heavy atom. The van der Waals surface area contributed by atoms with E-state index in [2.05, 4.69) is 28.2 Å². The van der Waals surface area contributed by atoms with E-state index in [0.717, 1.165) is 15.8 Å². The zero-order chi connectivity index (χ0) is 15.2. The zero-order valence-corrected chi connectivity index (χ0v) is 13.8. The van der Waals surface area contributed by atoms with Crippen LogP contribution < -0.4 is 5.32 Å². The maximum Gasteiger partial charge on any atom is 0.266 e. The van der Waals surface area contributed by atoms with E-state index in [4.69, 9.17) is 5.26 Å². The van der Waals surface area contributed by atoms with Crippen LogP contribution in [0.1, 0.15) is 18.1 Å². The number of nitrogens with zero attached hydrogens (tertiary/aromatic N) is 1. The zero-order valence-electron chi connectivity index (χ0n) is 11.4. The Morgan fingerprint density at radius 2 is 2.14 bits per heavy atom. The van der Waals surface area contributed by atoms with Gasteiger partial charge < -0.3 is 5.32 Å². The number of halogens is 1. The van der Waals surface area contributed by atoms with E-state index in [1.54, 1.807) is 6.08 Å². The summed E-state index contributed by atoms with van der Waals surface area (Å²) in [6.07, 6.45) is 2.53. The second-order valence-electron chi connectivity index (χ2n) is 4.36. The molecular weight excluding hydrogens is 348 g/mol. The molecule has 21 heavy (non-hydrogen) atoms. The SMILES string of the molecule is CCc1ccc(NC(=O)/C(C#N)=C/c2csc(Br)c2)cc1. The first-order valence-corrected chi connectivity index (χ1v) is 8.05.